The van der Waals surface area contributed by atoms with Gasteiger partial charge in [-0.3, -0.25) is 4.79 Å². The Morgan fingerprint density at radius 3 is 2.74 bits per heavy atom. The largest absolute Gasteiger partial charge is 0.481 e. The second-order valence-corrected chi connectivity index (χ2v) is 5.75. The minimum Gasteiger partial charge on any atom is -0.481 e. The number of nitrogens with zero attached hydrogens (tertiary/aromatic N) is 1. The van der Waals surface area contributed by atoms with Crippen LogP contribution < -0.4 is 5.32 Å². The van der Waals surface area contributed by atoms with Crippen LogP contribution in [0, 0.1) is 0 Å². The molecule has 2 N–H and O–H groups in total. The van der Waals surface area contributed by atoms with E-state index in [4.69, 9.17) is 5.11 Å². The minimum atomic E-state index is -0.680. The van der Waals surface area contributed by atoms with Gasteiger partial charge in [0.2, 0.25) is 0 Å². The summed E-state index contributed by atoms with van der Waals surface area (Å²) in [4.78, 5) is 12.9. The van der Waals surface area contributed by atoms with Crippen LogP contribution in [-0.2, 0) is 4.79 Å². The summed E-state index contributed by atoms with van der Waals surface area (Å²) in [5.41, 5.74) is 0. The van der Waals surface area contributed by atoms with Crippen molar-refractivity contribution in [1.82, 2.24) is 10.2 Å². The molecule has 108 valence electrons. The highest BCUT2D eigenvalue weighted by molar-refractivity contribution is 5.66. The molecule has 1 atom stereocenters. The van der Waals surface area contributed by atoms with Gasteiger partial charge in [-0.05, 0) is 58.2 Å². The first-order valence-electron chi connectivity index (χ1n) is 7.61. The van der Waals surface area contributed by atoms with Crippen LogP contribution in [0.4, 0.5) is 0 Å². The summed E-state index contributed by atoms with van der Waals surface area (Å²) < 4.78 is 0. The molecule has 0 amide bonds. The molecule has 1 fully saturated rings. The zero-order valence-corrected chi connectivity index (χ0v) is 11.7. The number of nitrogens with one attached hydrogen (secondary N) is 1. The summed E-state index contributed by atoms with van der Waals surface area (Å²) >= 11 is 0. The fraction of sp³-hybridized carbons (Fsp3) is 0.800. The third kappa shape index (κ3) is 5.33. The van der Waals surface area contributed by atoms with Crippen LogP contribution in [0.1, 0.15) is 44.9 Å². The summed E-state index contributed by atoms with van der Waals surface area (Å²) in [5, 5.41) is 12.4. The van der Waals surface area contributed by atoms with Crippen LogP contribution in [0.5, 0.6) is 0 Å². The van der Waals surface area contributed by atoms with Gasteiger partial charge < -0.3 is 15.3 Å². The molecule has 2 rings (SSSR count). The van der Waals surface area contributed by atoms with Crippen molar-refractivity contribution in [2.24, 2.45) is 0 Å². The molecule has 0 bridgehead atoms. The lowest BCUT2D eigenvalue weighted by Gasteiger charge is -2.34. The van der Waals surface area contributed by atoms with Crippen molar-refractivity contribution in [1.29, 1.82) is 0 Å². The summed E-state index contributed by atoms with van der Waals surface area (Å²) in [7, 11) is 0. The smallest absolute Gasteiger partial charge is 0.303 e. The van der Waals surface area contributed by atoms with E-state index in [1.165, 1.54) is 32.1 Å². The summed E-state index contributed by atoms with van der Waals surface area (Å²) in [6.07, 6.45) is 11.9. The molecule has 0 radical (unpaired) electrons. The molecule has 1 heterocycles. The Balaban J connectivity index is 1.60. The molecule has 19 heavy (non-hydrogen) atoms. The van der Waals surface area contributed by atoms with Crippen molar-refractivity contribution in [3.05, 3.63) is 12.2 Å². The number of carbonyl (C=O) groups is 1. The van der Waals surface area contributed by atoms with Crippen molar-refractivity contribution in [2.75, 3.05) is 19.6 Å². The lowest BCUT2D eigenvalue weighted by molar-refractivity contribution is -0.137. The zero-order chi connectivity index (χ0) is 13.5. The van der Waals surface area contributed by atoms with Crippen LogP contribution in [0.3, 0.4) is 0 Å². The quantitative estimate of drug-likeness (QED) is 0.722. The Labute approximate surface area is 115 Å². The highest BCUT2D eigenvalue weighted by Crippen LogP contribution is 2.16. The summed E-state index contributed by atoms with van der Waals surface area (Å²) in [6, 6.07) is 1.22. The van der Waals surface area contributed by atoms with Crippen LogP contribution in [0.15, 0.2) is 12.2 Å². The van der Waals surface area contributed by atoms with E-state index in [0.29, 0.717) is 18.5 Å². The summed E-state index contributed by atoms with van der Waals surface area (Å²) in [5.74, 6) is -0.680. The van der Waals surface area contributed by atoms with Crippen molar-refractivity contribution in [3.8, 4) is 0 Å². The third-order valence-corrected chi connectivity index (χ3v) is 4.16. The van der Waals surface area contributed by atoms with Gasteiger partial charge in [-0.1, -0.05) is 12.2 Å². The number of allylic oxidation sites excluding steroid dienone is 1. The summed E-state index contributed by atoms with van der Waals surface area (Å²) in [6.45, 7) is 3.14. The molecule has 0 aromatic heterocycles. The monoisotopic (exact) mass is 266 g/mol. The van der Waals surface area contributed by atoms with E-state index >= 15 is 0 Å². The number of carboxylic acids is 1. The fourth-order valence-electron chi connectivity index (χ4n) is 3.03. The van der Waals surface area contributed by atoms with Gasteiger partial charge in [-0.2, -0.15) is 0 Å². The molecule has 1 aliphatic heterocycles. The molecular weight excluding hydrogens is 240 g/mol. The van der Waals surface area contributed by atoms with Gasteiger partial charge in [0.25, 0.3) is 0 Å². The second-order valence-electron chi connectivity index (χ2n) is 5.75. The molecule has 0 saturated carbocycles. The molecule has 4 heteroatoms. The third-order valence-electron chi connectivity index (χ3n) is 4.16. The fourth-order valence-corrected chi connectivity index (χ4v) is 3.03. The van der Waals surface area contributed by atoms with E-state index in [-0.39, 0.29) is 0 Å². The van der Waals surface area contributed by atoms with Crippen LogP contribution in [-0.4, -0.2) is 47.7 Å². The maximum Gasteiger partial charge on any atom is 0.303 e. The van der Waals surface area contributed by atoms with E-state index in [2.05, 4.69) is 22.4 Å². The predicted octanol–water partition coefficient (Wildman–Crippen LogP) is 2.01. The maximum atomic E-state index is 10.5. The number of carboxylic acid groups (broad SMARTS) is 1. The average Bonchev–Trinajstić information content (AvgIpc) is 2.42. The van der Waals surface area contributed by atoms with Crippen molar-refractivity contribution in [2.45, 2.75) is 57.0 Å². The highest BCUT2D eigenvalue weighted by Gasteiger charge is 2.21. The topological polar surface area (TPSA) is 52.6 Å². The van der Waals surface area contributed by atoms with Crippen molar-refractivity contribution in [3.63, 3.8) is 0 Å². The molecule has 0 aromatic carbocycles. The number of likely N-dealkylation sites (tertiary alicyclic amines) is 1. The minimum absolute atomic E-state index is 0.297. The lowest BCUT2D eigenvalue weighted by atomic mass is 9.98. The number of hydrogen-bond acceptors (Lipinski definition) is 3. The maximum absolute atomic E-state index is 10.5. The SMILES string of the molecule is O=C(O)CCCN1CCC(NC2C=CCCC2)CC1. The molecular formula is C15H26N2O2. The normalized spacial score (nSPS) is 25.6. The van der Waals surface area contributed by atoms with E-state index in [1.807, 2.05) is 0 Å². The van der Waals surface area contributed by atoms with Crippen LogP contribution in [0.25, 0.3) is 0 Å². The predicted molar refractivity (Wildman–Crippen MR) is 76.2 cm³/mol. The van der Waals surface area contributed by atoms with Gasteiger partial charge in [0.15, 0.2) is 0 Å². The van der Waals surface area contributed by atoms with E-state index in [1.54, 1.807) is 0 Å². The van der Waals surface area contributed by atoms with Gasteiger partial charge in [0, 0.05) is 18.5 Å². The average molecular weight is 266 g/mol. The second kappa shape index (κ2) is 7.65. The number of rotatable bonds is 6. The first-order valence-corrected chi connectivity index (χ1v) is 7.61. The molecule has 1 aliphatic carbocycles. The van der Waals surface area contributed by atoms with Crippen molar-refractivity contribution < 1.29 is 9.90 Å². The number of piperidine rings is 1. The first kappa shape index (κ1) is 14.5. The Morgan fingerprint density at radius 1 is 1.32 bits per heavy atom. The van der Waals surface area contributed by atoms with Gasteiger partial charge in [-0.25, -0.2) is 0 Å². The van der Waals surface area contributed by atoms with Crippen molar-refractivity contribution >= 4 is 5.97 Å². The van der Waals surface area contributed by atoms with Gasteiger partial charge >= 0.3 is 5.97 Å². The highest BCUT2D eigenvalue weighted by atomic mass is 16.4. The standard InChI is InChI=1S/C15H26N2O2/c18-15(19)7-4-10-17-11-8-14(9-12-17)16-13-5-2-1-3-6-13/h2,5,13-14,16H,1,3-4,6-12H2,(H,18,19). The van der Waals surface area contributed by atoms with E-state index in [9.17, 15) is 4.79 Å². The Kier molecular flexibility index (Phi) is 5.86. The zero-order valence-electron chi connectivity index (χ0n) is 11.7. The van der Waals surface area contributed by atoms with Crippen LogP contribution in [0.2, 0.25) is 0 Å². The lowest BCUT2D eigenvalue weighted by Crippen LogP contribution is -2.46. The number of aliphatic carboxylic acids is 1. The van der Waals surface area contributed by atoms with Gasteiger partial charge in [0.1, 0.15) is 0 Å². The van der Waals surface area contributed by atoms with Gasteiger partial charge in [0.05, 0.1) is 0 Å². The van der Waals surface area contributed by atoms with E-state index < -0.39 is 5.97 Å². The van der Waals surface area contributed by atoms with Crippen LogP contribution >= 0.6 is 0 Å². The molecule has 2 aliphatic rings. The molecule has 1 saturated heterocycles. The molecule has 4 nitrogen and oxygen atoms in total. The van der Waals surface area contributed by atoms with E-state index in [0.717, 1.165) is 26.1 Å². The molecule has 0 aromatic rings. The molecule has 0 spiro atoms. The molecule has 1 unspecified atom stereocenters. The first-order chi connectivity index (χ1) is 9.24. The number of hydrogen-bond donors (Lipinski definition) is 2. The Hall–Kier alpha value is -0.870. The van der Waals surface area contributed by atoms with Gasteiger partial charge in [-0.15, -0.1) is 0 Å². The Morgan fingerprint density at radius 2 is 2.11 bits per heavy atom. The Bertz CT molecular complexity index is 309.